The molecule has 1 heterocycles. The largest absolute Gasteiger partial charge is 0.325 e. The number of halogens is 2. The van der Waals surface area contributed by atoms with E-state index < -0.39 is 0 Å². The number of benzene rings is 3. The third-order valence-electron chi connectivity index (χ3n) is 4.48. The molecule has 1 aromatic heterocycles. The fraction of sp³-hybridized carbons (Fsp3) is 0.0870. The van der Waals surface area contributed by atoms with Crippen LogP contribution >= 0.6 is 27.7 Å². The molecule has 1 N–H and O–H groups in total. The van der Waals surface area contributed by atoms with Crippen LogP contribution in [0.5, 0.6) is 0 Å². The van der Waals surface area contributed by atoms with Crippen LogP contribution in [0, 0.1) is 5.82 Å². The van der Waals surface area contributed by atoms with Gasteiger partial charge in [0.1, 0.15) is 5.82 Å². The first-order valence-corrected chi connectivity index (χ1v) is 11.3. The normalized spacial score (nSPS) is 10.8. The summed E-state index contributed by atoms with van der Waals surface area (Å²) in [6.07, 6.45) is 0. The molecule has 0 radical (unpaired) electrons. The molecule has 0 aliphatic carbocycles. The number of nitrogens with one attached hydrogen (secondary N) is 1. The maximum Gasteiger partial charge on any atom is 0.234 e. The maximum absolute atomic E-state index is 13.0. The van der Waals surface area contributed by atoms with E-state index >= 15 is 0 Å². The van der Waals surface area contributed by atoms with Crippen molar-refractivity contribution in [1.82, 2.24) is 14.8 Å². The van der Waals surface area contributed by atoms with Gasteiger partial charge in [-0.15, -0.1) is 10.2 Å². The second kappa shape index (κ2) is 9.89. The Morgan fingerprint density at radius 3 is 2.42 bits per heavy atom. The van der Waals surface area contributed by atoms with Crippen molar-refractivity contribution in [3.05, 3.63) is 94.7 Å². The van der Waals surface area contributed by atoms with Crippen LogP contribution in [0.1, 0.15) is 5.56 Å². The van der Waals surface area contributed by atoms with Crippen molar-refractivity contribution in [2.24, 2.45) is 0 Å². The number of carbonyl (C=O) groups is 1. The standard InChI is InChI=1S/C23H18BrFN4OS/c24-20-9-5-4-8-19(20)22-27-28-23(29(22)14-16-6-2-1-3-7-16)31-15-21(30)26-18-12-10-17(25)11-13-18/h1-13H,14-15H2,(H,26,30). The van der Waals surface area contributed by atoms with Crippen molar-refractivity contribution < 1.29 is 9.18 Å². The highest BCUT2D eigenvalue weighted by Crippen LogP contribution is 2.30. The van der Waals surface area contributed by atoms with Gasteiger partial charge in [-0.3, -0.25) is 9.36 Å². The van der Waals surface area contributed by atoms with Crippen molar-refractivity contribution in [2.45, 2.75) is 11.7 Å². The topological polar surface area (TPSA) is 59.8 Å². The van der Waals surface area contributed by atoms with Gasteiger partial charge in [0.15, 0.2) is 11.0 Å². The fourth-order valence-electron chi connectivity index (χ4n) is 3.01. The summed E-state index contributed by atoms with van der Waals surface area (Å²) in [5.41, 5.74) is 2.58. The molecule has 0 aliphatic rings. The summed E-state index contributed by atoms with van der Waals surface area (Å²) in [5.74, 6) is 0.326. The molecular weight excluding hydrogens is 479 g/mol. The average molecular weight is 497 g/mol. The molecule has 0 saturated carbocycles. The van der Waals surface area contributed by atoms with E-state index in [1.54, 1.807) is 0 Å². The Morgan fingerprint density at radius 2 is 1.68 bits per heavy atom. The molecule has 1 amide bonds. The molecule has 4 aromatic rings. The van der Waals surface area contributed by atoms with Crippen molar-refractivity contribution in [2.75, 3.05) is 11.1 Å². The summed E-state index contributed by atoms with van der Waals surface area (Å²) in [5, 5.41) is 12.2. The Balaban J connectivity index is 1.56. The van der Waals surface area contributed by atoms with Crippen LogP contribution in [0.15, 0.2) is 88.5 Å². The van der Waals surface area contributed by atoms with E-state index in [-0.39, 0.29) is 17.5 Å². The zero-order valence-corrected chi connectivity index (χ0v) is 18.7. The molecule has 0 spiro atoms. The monoisotopic (exact) mass is 496 g/mol. The Bertz CT molecular complexity index is 1180. The van der Waals surface area contributed by atoms with Crippen LogP contribution in [0.2, 0.25) is 0 Å². The summed E-state index contributed by atoms with van der Waals surface area (Å²) >= 11 is 4.89. The molecule has 0 atom stereocenters. The molecule has 5 nitrogen and oxygen atoms in total. The highest BCUT2D eigenvalue weighted by atomic mass is 79.9. The first-order chi connectivity index (χ1) is 15.1. The number of nitrogens with zero attached hydrogens (tertiary/aromatic N) is 3. The second-order valence-corrected chi connectivity index (χ2v) is 8.50. The molecule has 0 aliphatic heterocycles. The van der Waals surface area contributed by atoms with Crippen LogP contribution in [0.25, 0.3) is 11.4 Å². The van der Waals surface area contributed by atoms with Gasteiger partial charge in [0.25, 0.3) is 0 Å². The summed E-state index contributed by atoms with van der Waals surface area (Å²) in [7, 11) is 0. The van der Waals surface area contributed by atoms with Crippen LogP contribution in [-0.4, -0.2) is 26.4 Å². The molecular formula is C23H18BrFN4OS. The lowest BCUT2D eigenvalue weighted by molar-refractivity contribution is -0.113. The zero-order valence-electron chi connectivity index (χ0n) is 16.3. The van der Waals surface area contributed by atoms with E-state index in [0.717, 1.165) is 21.4 Å². The summed E-state index contributed by atoms with van der Waals surface area (Å²) in [6.45, 7) is 0.576. The lowest BCUT2D eigenvalue weighted by Crippen LogP contribution is -2.14. The Labute approximate surface area is 191 Å². The van der Waals surface area contributed by atoms with Crippen LogP contribution in [0.3, 0.4) is 0 Å². The van der Waals surface area contributed by atoms with Crippen molar-refractivity contribution in [1.29, 1.82) is 0 Å². The van der Waals surface area contributed by atoms with Gasteiger partial charge in [0.05, 0.1) is 12.3 Å². The Morgan fingerprint density at radius 1 is 0.968 bits per heavy atom. The molecule has 8 heteroatoms. The van der Waals surface area contributed by atoms with Gasteiger partial charge in [-0.2, -0.15) is 0 Å². The van der Waals surface area contributed by atoms with Gasteiger partial charge in [0.2, 0.25) is 5.91 Å². The molecule has 3 aromatic carbocycles. The van der Waals surface area contributed by atoms with Gasteiger partial charge in [-0.25, -0.2) is 4.39 Å². The average Bonchev–Trinajstić information content (AvgIpc) is 3.17. The Kier molecular flexibility index (Phi) is 6.79. The summed E-state index contributed by atoms with van der Waals surface area (Å²) in [4.78, 5) is 12.4. The first kappa shape index (κ1) is 21.3. The van der Waals surface area contributed by atoms with Crippen LogP contribution < -0.4 is 5.32 Å². The lowest BCUT2D eigenvalue weighted by Gasteiger charge is -2.11. The van der Waals surface area contributed by atoms with E-state index in [2.05, 4.69) is 31.4 Å². The van der Waals surface area contributed by atoms with Crippen molar-refractivity contribution in [3.63, 3.8) is 0 Å². The van der Waals surface area contributed by atoms with Gasteiger partial charge < -0.3 is 5.32 Å². The maximum atomic E-state index is 13.0. The summed E-state index contributed by atoms with van der Waals surface area (Å²) in [6, 6.07) is 23.5. The SMILES string of the molecule is O=C(CSc1nnc(-c2ccccc2Br)n1Cc1ccccc1)Nc1ccc(F)cc1. The lowest BCUT2D eigenvalue weighted by atomic mass is 10.2. The predicted octanol–water partition coefficient (Wildman–Crippen LogP) is 5.63. The summed E-state index contributed by atoms with van der Waals surface area (Å²) < 4.78 is 16.0. The third kappa shape index (κ3) is 5.39. The zero-order chi connectivity index (χ0) is 21.6. The first-order valence-electron chi connectivity index (χ1n) is 9.50. The quantitative estimate of drug-likeness (QED) is 0.337. The van der Waals surface area contributed by atoms with E-state index in [1.807, 2.05) is 59.2 Å². The van der Waals surface area contributed by atoms with E-state index in [1.165, 1.54) is 36.0 Å². The molecule has 0 saturated heterocycles. The molecule has 4 rings (SSSR count). The number of rotatable bonds is 7. The molecule has 0 fully saturated rings. The molecule has 0 unspecified atom stereocenters. The number of thioether (sulfide) groups is 1. The van der Waals surface area contributed by atoms with Crippen LogP contribution in [0.4, 0.5) is 10.1 Å². The third-order valence-corrected chi connectivity index (χ3v) is 6.13. The number of hydrogen-bond donors (Lipinski definition) is 1. The minimum Gasteiger partial charge on any atom is -0.325 e. The van der Waals surface area contributed by atoms with E-state index in [9.17, 15) is 9.18 Å². The highest BCUT2D eigenvalue weighted by molar-refractivity contribution is 9.10. The fourth-order valence-corrected chi connectivity index (χ4v) is 4.21. The van der Waals surface area contributed by atoms with Gasteiger partial charge in [-0.05, 0) is 35.9 Å². The van der Waals surface area contributed by atoms with Crippen molar-refractivity contribution in [3.8, 4) is 11.4 Å². The molecule has 0 bridgehead atoms. The van der Waals surface area contributed by atoms with Crippen LogP contribution in [-0.2, 0) is 11.3 Å². The highest BCUT2D eigenvalue weighted by Gasteiger charge is 2.17. The number of carbonyl (C=O) groups excluding carboxylic acids is 1. The van der Waals surface area contributed by atoms with Crippen molar-refractivity contribution >= 4 is 39.3 Å². The Hall–Kier alpha value is -2.97. The molecule has 31 heavy (non-hydrogen) atoms. The van der Waals surface area contributed by atoms with E-state index in [0.29, 0.717) is 17.4 Å². The number of amides is 1. The number of aromatic nitrogens is 3. The number of anilines is 1. The predicted molar refractivity (Wildman–Crippen MR) is 124 cm³/mol. The van der Waals surface area contributed by atoms with Gasteiger partial charge in [-0.1, -0.05) is 76.2 Å². The molecule has 156 valence electrons. The smallest absolute Gasteiger partial charge is 0.234 e. The minimum absolute atomic E-state index is 0.153. The second-order valence-electron chi connectivity index (χ2n) is 6.70. The number of hydrogen-bond acceptors (Lipinski definition) is 4. The van der Waals surface area contributed by atoms with E-state index in [4.69, 9.17) is 0 Å². The van der Waals surface area contributed by atoms with Gasteiger partial charge in [0, 0.05) is 15.7 Å². The minimum atomic E-state index is -0.346. The van der Waals surface area contributed by atoms with Gasteiger partial charge >= 0.3 is 0 Å².